The quantitative estimate of drug-likeness (QED) is 0.380. The highest BCUT2D eigenvalue weighted by Crippen LogP contribution is 2.30. The molecule has 0 bridgehead atoms. The topological polar surface area (TPSA) is 96.0 Å². The number of hydrogen-bond acceptors (Lipinski definition) is 7. The van der Waals surface area contributed by atoms with Crippen LogP contribution in [0.4, 0.5) is 5.69 Å². The van der Waals surface area contributed by atoms with Gasteiger partial charge in [0, 0.05) is 23.4 Å². The second-order valence-corrected chi connectivity index (χ2v) is 6.20. The molecule has 0 aliphatic carbocycles. The molecular weight excluding hydrogens is 342 g/mol. The molecular formula is C16H15N5O3S. The first kappa shape index (κ1) is 16.9. The van der Waals surface area contributed by atoms with Crippen LogP contribution in [0.1, 0.15) is 11.1 Å². The summed E-state index contributed by atoms with van der Waals surface area (Å²) in [5.74, 6) is 1.03. The lowest BCUT2D eigenvalue weighted by Crippen LogP contribution is -2.00. The van der Waals surface area contributed by atoms with Gasteiger partial charge >= 0.3 is 0 Å². The summed E-state index contributed by atoms with van der Waals surface area (Å²) in [7, 11) is 1.53. The Bertz CT molecular complexity index is 912. The molecule has 2 aromatic carbocycles. The van der Waals surface area contributed by atoms with Gasteiger partial charge < -0.3 is 4.74 Å². The number of non-ortho nitro benzene ring substituents is 1. The monoisotopic (exact) mass is 357 g/mol. The molecule has 0 amide bonds. The Balaban J connectivity index is 1.85. The molecule has 3 rings (SSSR count). The van der Waals surface area contributed by atoms with Gasteiger partial charge in [-0.3, -0.25) is 10.1 Å². The van der Waals surface area contributed by atoms with Crippen LogP contribution in [-0.2, 0) is 5.75 Å². The summed E-state index contributed by atoms with van der Waals surface area (Å²) in [5, 5.41) is 23.4. The number of tetrazole rings is 1. The first-order valence-electron chi connectivity index (χ1n) is 7.38. The van der Waals surface area contributed by atoms with Crippen LogP contribution in [0.5, 0.6) is 5.75 Å². The lowest BCUT2D eigenvalue weighted by molar-refractivity contribution is -0.384. The van der Waals surface area contributed by atoms with Gasteiger partial charge in [-0.15, -0.1) is 5.10 Å². The minimum absolute atomic E-state index is 0.0228. The molecule has 9 heteroatoms. The lowest BCUT2D eigenvalue weighted by Gasteiger charge is -2.08. The molecule has 128 valence electrons. The Kier molecular flexibility index (Phi) is 4.94. The van der Waals surface area contributed by atoms with Crippen LogP contribution in [0.2, 0.25) is 0 Å². The van der Waals surface area contributed by atoms with E-state index in [-0.39, 0.29) is 5.69 Å². The van der Waals surface area contributed by atoms with Crippen LogP contribution >= 0.6 is 11.8 Å². The summed E-state index contributed by atoms with van der Waals surface area (Å²) >= 11 is 1.38. The molecule has 0 saturated heterocycles. The number of ether oxygens (including phenoxy) is 1. The van der Waals surface area contributed by atoms with E-state index in [2.05, 4.69) is 15.5 Å². The van der Waals surface area contributed by atoms with Crippen molar-refractivity contribution in [2.75, 3.05) is 7.11 Å². The maximum Gasteiger partial charge on any atom is 0.270 e. The number of aromatic nitrogens is 4. The molecule has 0 radical (unpaired) electrons. The van der Waals surface area contributed by atoms with Crippen molar-refractivity contribution in [1.82, 2.24) is 20.2 Å². The van der Waals surface area contributed by atoms with E-state index in [9.17, 15) is 10.1 Å². The van der Waals surface area contributed by atoms with Gasteiger partial charge in [0.15, 0.2) is 0 Å². The first-order valence-corrected chi connectivity index (χ1v) is 8.36. The molecule has 8 nitrogen and oxygen atoms in total. The van der Waals surface area contributed by atoms with Gasteiger partial charge in [0.05, 0.1) is 17.7 Å². The number of nitro benzene ring substituents is 1. The molecule has 0 spiro atoms. The first-order chi connectivity index (χ1) is 12.1. The maximum atomic E-state index is 11.0. The predicted octanol–water partition coefficient (Wildman–Crippen LogP) is 3.18. The van der Waals surface area contributed by atoms with Crippen LogP contribution in [-0.4, -0.2) is 32.2 Å². The van der Waals surface area contributed by atoms with Gasteiger partial charge in [0.1, 0.15) is 5.75 Å². The van der Waals surface area contributed by atoms with E-state index in [1.807, 2.05) is 31.2 Å². The van der Waals surface area contributed by atoms with Crippen LogP contribution in [0.15, 0.2) is 47.6 Å². The van der Waals surface area contributed by atoms with Crippen molar-refractivity contribution in [3.63, 3.8) is 0 Å². The van der Waals surface area contributed by atoms with Crippen molar-refractivity contribution < 1.29 is 9.66 Å². The highest BCUT2D eigenvalue weighted by molar-refractivity contribution is 7.98. The Morgan fingerprint density at radius 2 is 2.12 bits per heavy atom. The number of nitrogens with zero attached hydrogens (tertiary/aromatic N) is 5. The normalized spacial score (nSPS) is 10.6. The van der Waals surface area contributed by atoms with Crippen LogP contribution in [0.3, 0.4) is 0 Å². The second-order valence-electron chi connectivity index (χ2n) is 5.25. The van der Waals surface area contributed by atoms with Crippen molar-refractivity contribution in [3.05, 3.63) is 63.7 Å². The van der Waals surface area contributed by atoms with Gasteiger partial charge in [-0.2, -0.15) is 4.68 Å². The third-order valence-corrected chi connectivity index (χ3v) is 4.49. The van der Waals surface area contributed by atoms with Gasteiger partial charge in [0.2, 0.25) is 5.16 Å². The lowest BCUT2D eigenvalue weighted by atomic mass is 10.2. The van der Waals surface area contributed by atoms with Crippen molar-refractivity contribution >= 4 is 17.4 Å². The fourth-order valence-corrected chi connectivity index (χ4v) is 3.19. The smallest absolute Gasteiger partial charge is 0.270 e. The third-order valence-electron chi connectivity index (χ3n) is 3.52. The Labute approximate surface area is 148 Å². The van der Waals surface area contributed by atoms with E-state index in [0.717, 1.165) is 11.3 Å². The number of thioether (sulfide) groups is 1. The molecule has 25 heavy (non-hydrogen) atoms. The fourth-order valence-electron chi connectivity index (χ4n) is 2.32. The average Bonchev–Trinajstić information content (AvgIpc) is 3.08. The largest absolute Gasteiger partial charge is 0.496 e. The summed E-state index contributed by atoms with van der Waals surface area (Å²) in [5.41, 5.74) is 2.69. The zero-order valence-corrected chi connectivity index (χ0v) is 14.4. The Morgan fingerprint density at radius 1 is 1.28 bits per heavy atom. The molecule has 1 aromatic heterocycles. The zero-order valence-electron chi connectivity index (χ0n) is 13.6. The van der Waals surface area contributed by atoms with Crippen LogP contribution in [0, 0.1) is 17.0 Å². The number of hydrogen-bond donors (Lipinski definition) is 0. The Hall–Kier alpha value is -2.94. The fraction of sp³-hybridized carbons (Fsp3) is 0.188. The van der Waals surface area contributed by atoms with Crippen molar-refractivity contribution in [2.45, 2.75) is 17.8 Å². The summed E-state index contributed by atoms with van der Waals surface area (Å²) < 4.78 is 6.93. The molecule has 0 atom stereocenters. The molecule has 0 aliphatic heterocycles. The number of rotatable bonds is 6. The van der Waals surface area contributed by atoms with E-state index in [4.69, 9.17) is 4.74 Å². The third kappa shape index (κ3) is 3.77. The van der Waals surface area contributed by atoms with Gasteiger partial charge in [-0.1, -0.05) is 23.9 Å². The number of benzene rings is 2. The van der Waals surface area contributed by atoms with E-state index in [1.165, 1.54) is 31.0 Å². The van der Waals surface area contributed by atoms with Crippen molar-refractivity contribution in [1.29, 1.82) is 0 Å². The summed E-state index contributed by atoms with van der Waals surface area (Å²) in [6, 6.07) is 12.3. The summed E-state index contributed by atoms with van der Waals surface area (Å²) in [6.07, 6.45) is 0. The number of nitro groups is 1. The molecule has 0 fully saturated rings. The van der Waals surface area contributed by atoms with Crippen molar-refractivity contribution in [3.8, 4) is 11.4 Å². The van der Waals surface area contributed by atoms with E-state index in [1.54, 1.807) is 10.7 Å². The van der Waals surface area contributed by atoms with Gasteiger partial charge in [-0.05, 0) is 41.1 Å². The number of methoxy groups -OCH3 is 1. The van der Waals surface area contributed by atoms with E-state index >= 15 is 0 Å². The molecule has 0 N–H and O–H groups in total. The molecule has 0 saturated carbocycles. The highest BCUT2D eigenvalue weighted by atomic mass is 32.2. The zero-order chi connectivity index (χ0) is 17.8. The molecule has 1 heterocycles. The van der Waals surface area contributed by atoms with Gasteiger partial charge in [-0.25, -0.2) is 0 Å². The minimum atomic E-state index is -0.426. The SMILES string of the molecule is COc1ccc([N+](=O)[O-])cc1CSc1nnnn1-c1cccc(C)c1. The second kappa shape index (κ2) is 7.31. The van der Waals surface area contributed by atoms with E-state index < -0.39 is 4.92 Å². The minimum Gasteiger partial charge on any atom is -0.496 e. The highest BCUT2D eigenvalue weighted by Gasteiger charge is 2.14. The van der Waals surface area contributed by atoms with Crippen LogP contribution < -0.4 is 4.74 Å². The average molecular weight is 357 g/mol. The van der Waals surface area contributed by atoms with E-state index in [0.29, 0.717) is 22.2 Å². The van der Waals surface area contributed by atoms with Crippen LogP contribution in [0.25, 0.3) is 5.69 Å². The molecule has 0 unspecified atom stereocenters. The standard InChI is InChI=1S/C16H15N5O3S/c1-11-4-3-5-13(8-11)20-16(17-18-19-20)25-10-12-9-14(21(22)23)6-7-15(12)24-2/h3-9H,10H2,1-2H3. The maximum absolute atomic E-state index is 11.0. The Morgan fingerprint density at radius 3 is 2.84 bits per heavy atom. The predicted molar refractivity (Wildman–Crippen MR) is 93.1 cm³/mol. The van der Waals surface area contributed by atoms with Gasteiger partial charge in [0.25, 0.3) is 5.69 Å². The molecule has 0 aliphatic rings. The molecule has 3 aromatic rings. The summed E-state index contributed by atoms with van der Waals surface area (Å²) in [6.45, 7) is 1.99. The van der Waals surface area contributed by atoms with Crippen molar-refractivity contribution in [2.24, 2.45) is 0 Å². The summed E-state index contributed by atoms with van der Waals surface area (Å²) in [4.78, 5) is 10.6. The number of aryl methyl sites for hydroxylation is 1.